The standard InChI is InChI=1S/C13H20N2O2S/c1-2-11-3-10-18-12(11)13(17)15-6-4-14(5-7-15)8-9-16/h3,10,16H,2,4-9H2,1H3. The lowest BCUT2D eigenvalue weighted by Crippen LogP contribution is -2.49. The third kappa shape index (κ3) is 2.91. The third-order valence-corrected chi connectivity index (χ3v) is 4.34. The Morgan fingerprint density at radius 2 is 2.11 bits per heavy atom. The zero-order chi connectivity index (χ0) is 13.0. The molecule has 0 atom stereocenters. The van der Waals surface area contributed by atoms with Gasteiger partial charge in [-0.2, -0.15) is 0 Å². The highest BCUT2D eigenvalue weighted by Crippen LogP contribution is 2.20. The first-order chi connectivity index (χ1) is 8.76. The number of hydrogen-bond donors (Lipinski definition) is 1. The van der Waals surface area contributed by atoms with Crippen LogP contribution in [0, 0.1) is 0 Å². The Kier molecular flexibility index (Phi) is 4.74. The average molecular weight is 268 g/mol. The molecule has 0 unspecified atom stereocenters. The van der Waals surface area contributed by atoms with Gasteiger partial charge in [0.05, 0.1) is 11.5 Å². The highest BCUT2D eigenvalue weighted by molar-refractivity contribution is 7.12. The normalized spacial score (nSPS) is 17.1. The first kappa shape index (κ1) is 13.5. The maximum absolute atomic E-state index is 12.4. The molecule has 1 fully saturated rings. The van der Waals surface area contributed by atoms with Crippen LogP contribution in [0.15, 0.2) is 11.4 Å². The van der Waals surface area contributed by atoms with Crippen LogP contribution in [0.1, 0.15) is 22.2 Å². The predicted molar refractivity (Wildman–Crippen MR) is 73.1 cm³/mol. The second-order valence-corrected chi connectivity index (χ2v) is 5.40. The van der Waals surface area contributed by atoms with E-state index in [1.54, 1.807) is 11.3 Å². The van der Waals surface area contributed by atoms with Crippen molar-refractivity contribution in [2.45, 2.75) is 13.3 Å². The number of aliphatic hydroxyl groups is 1. The smallest absolute Gasteiger partial charge is 0.264 e. The second kappa shape index (κ2) is 6.31. The molecule has 5 heteroatoms. The van der Waals surface area contributed by atoms with Crippen molar-refractivity contribution < 1.29 is 9.90 Å². The van der Waals surface area contributed by atoms with Gasteiger partial charge in [0.2, 0.25) is 0 Å². The Morgan fingerprint density at radius 1 is 1.39 bits per heavy atom. The van der Waals surface area contributed by atoms with Crippen LogP contribution in [-0.4, -0.2) is 60.1 Å². The molecule has 4 nitrogen and oxygen atoms in total. The van der Waals surface area contributed by atoms with E-state index in [9.17, 15) is 4.79 Å². The van der Waals surface area contributed by atoms with Crippen LogP contribution in [0.3, 0.4) is 0 Å². The first-order valence-electron chi connectivity index (χ1n) is 6.45. The van der Waals surface area contributed by atoms with Crippen LogP contribution < -0.4 is 0 Å². The second-order valence-electron chi connectivity index (χ2n) is 4.49. The summed E-state index contributed by atoms with van der Waals surface area (Å²) in [4.78, 5) is 17.4. The van der Waals surface area contributed by atoms with Gasteiger partial charge < -0.3 is 10.0 Å². The van der Waals surface area contributed by atoms with E-state index >= 15 is 0 Å². The minimum Gasteiger partial charge on any atom is -0.395 e. The van der Waals surface area contributed by atoms with Crippen molar-refractivity contribution in [3.8, 4) is 0 Å². The van der Waals surface area contributed by atoms with Crippen LogP contribution >= 0.6 is 11.3 Å². The maximum atomic E-state index is 12.4. The van der Waals surface area contributed by atoms with Gasteiger partial charge in [0, 0.05) is 32.7 Å². The van der Waals surface area contributed by atoms with Gasteiger partial charge in [0.25, 0.3) is 5.91 Å². The summed E-state index contributed by atoms with van der Waals surface area (Å²) >= 11 is 1.54. The number of carbonyl (C=O) groups excluding carboxylic acids is 1. The Labute approximate surface area is 112 Å². The van der Waals surface area contributed by atoms with Crippen molar-refractivity contribution in [2.75, 3.05) is 39.3 Å². The molecule has 1 saturated heterocycles. The highest BCUT2D eigenvalue weighted by Gasteiger charge is 2.23. The lowest BCUT2D eigenvalue weighted by Gasteiger charge is -2.34. The van der Waals surface area contributed by atoms with Crippen molar-refractivity contribution >= 4 is 17.2 Å². The maximum Gasteiger partial charge on any atom is 0.264 e. The lowest BCUT2D eigenvalue weighted by molar-refractivity contribution is 0.0619. The summed E-state index contributed by atoms with van der Waals surface area (Å²) < 4.78 is 0. The monoisotopic (exact) mass is 268 g/mol. The Morgan fingerprint density at radius 3 is 2.72 bits per heavy atom. The molecule has 2 rings (SSSR count). The quantitative estimate of drug-likeness (QED) is 0.888. The molecule has 18 heavy (non-hydrogen) atoms. The molecule has 0 radical (unpaired) electrons. The van der Waals surface area contributed by atoms with Crippen LogP contribution in [-0.2, 0) is 6.42 Å². The molecule has 0 aromatic carbocycles. The SMILES string of the molecule is CCc1ccsc1C(=O)N1CCN(CCO)CC1. The number of thiophene rings is 1. The molecule has 2 heterocycles. The van der Waals surface area contributed by atoms with Crippen molar-refractivity contribution in [1.29, 1.82) is 0 Å². The number of amides is 1. The molecule has 1 aliphatic heterocycles. The summed E-state index contributed by atoms with van der Waals surface area (Å²) in [6, 6.07) is 2.04. The van der Waals surface area contributed by atoms with E-state index in [0.29, 0.717) is 6.54 Å². The number of rotatable bonds is 4. The molecule has 0 spiro atoms. The van der Waals surface area contributed by atoms with Gasteiger partial charge in [-0.1, -0.05) is 6.92 Å². The zero-order valence-corrected chi connectivity index (χ0v) is 11.6. The van der Waals surface area contributed by atoms with Gasteiger partial charge in [-0.25, -0.2) is 0 Å². The number of nitrogens with zero attached hydrogens (tertiary/aromatic N) is 2. The average Bonchev–Trinajstić information content (AvgIpc) is 2.87. The predicted octanol–water partition coefficient (Wildman–Crippen LogP) is 1.06. The number of carbonyl (C=O) groups is 1. The Bertz CT molecular complexity index is 397. The molecule has 0 aliphatic carbocycles. The molecule has 1 N–H and O–H groups in total. The third-order valence-electron chi connectivity index (χ3n) is 3.40. The molecule has 1 aliphatic rings. The van der Waals surface area contributed by atoms with Gasteiger partial charge in [0.15, 0.2) is 0 Å². The van der Waals surface area contributed by atoms with E-state index in [-0.39, 0.29) is 12.5 Å². The number of hydrogen-bond acceptors (Lipinski definition) is 4. The van der Waals surface area contributed by atoms with Gasteiger partial charge in [-0.05, 0) is 23.4 Å². The summed E-state index contributed by atoms with van der Waals surface area (Å²) in [7, 11) is 0. The largest absolute Gasteiger partial charge is 0.395 e. The van der Waals surface area contributed by atoms with E-state index in [4.69, 9.17) is 5.11 Å². The van der Waals surface area contributed by atoms with Crippen LogP contribution in [0.4, 0.5) is 0 Å². The van der Waals surface area contributed by atoms with E-state index in [2.05, 4.69) is 11.8 Å². The molecular formula is C13H20N2O2S. The lowest BCUT2D eigenvalue weighted by atomic mass is 10.2. The fourth-order valence-electron chi connectivity index (χ4n) is 2.26. The van der Waals surface area contributed by atoms with Crippen LogP contribution in [0.2, 0.25) is 0 Å². The zero-order valence-electron chi connectivity index (χ0n) is 10.8. The molecular weight excluding hydrogens is 248 g/mol. The summed E-state index contributed by atoms with van der Waals surface area (Å²) in [6.45, 7) is 6.23. The molecule has 1 aromatic rings. The van der Waals surface area contributed by atoms with Crippen LogP contribution in [0.5, 0.6) is 0 Å². The van der Waals surface area contributed by atoms with Crippen molar-refractivity contribution in [3.63, 3.8) is 0 Å². The number of aliphatic hydroxyl groups excluding tert-OH is 1. The van der Waals surface area contributed by atoms with Gasteiger partial charge in [-0.3, -0.25) is 9.69 Å². The molecule has 0 bridgehead atoms. The van der Waals surface area contributed by atoms with E-state index in [1.165, 1.54) is 0 Å². The molecule has 1 amide bonds. The van der Waals surface area contributed by atoms with Gasteiger partial charge in [0.1, 0.15) is 0 Å². The highest BCUT2D eigenvalue weighted by atomic mass is 32.1. The van der Waals surface area contributed by atoms with Crippen molar-refractivity contribution in [1.82, 2.24) is 9.80 Å². The van der Waals surface area contributed by atoms with Gasteiger partial charge in [-0.15, -0.1) is 11.3 Å². The fourth-order valence-corrected chi connectivity index (χ4v) is 3.22. The summed E-state index contributed by atoms with van der Waals surface area (Å²) in [5.74, 6) is 0.172. The molecule has 0 saturated carbocycles. The Hall–Kier alpha value is -0.910. The van der Waals surface area contributed by atoms with Crippen molar-refractivity contribution in [2.24, 2.45) is 0 Å². The van der Waals surface area contributed by atoms with E-state index in [0.717, 1.165) is 43.0 Å². The summed E-state index contributed by atoms with van der Waals surface area (Å²) in [5.41, 5.74) is 1.16. The molecule has 100 valence electrons. The first-order valence-corrected chi connectivity index (χ1v) is 7.33. The fraction of sp³-hybridized carbons (Fsp3) is 0.615. The van der Waals surface area contributed by atoms with Crippen LogP contribution in [0.25, 0.3) is 0 Å². The molecule has 1 aromatic heterocycles. The topological polar surface area (TPSA) is 43.8 Å². The number of β-amino-alcohol motifs (C(OH)–C–C–N with tert-alkyl or cyclic N) is 1. The number of aryl methyl sites for hydroxylation is 1. The minimum atomic E-state index is 0.172. The summed E-state index contributed by atoms with van der Waals surface area (Å²) in [6.07, 6.45) is 0.912. The van der Waals surface area contributed by atoms with E-state index in [1.807, 2.05) is 16.3 Å². The summed E-state index contributed by atoms with van der Waals surface area (Å²) in [5, 5.41) is 10.9. The number of piperazine rings is 1. The minimum absolute atomic E-state index is 0.172. The van der Waals surface area contributed by atoms with E-state index < -0.39 is 0 Å². The van der Waals surface area contributed by atoms with Gasteiger partial charge >= 0.3 is 0 Å². The van der Waals surface area contributed by atoms with Crippen molar-refractivity contribution in [3.05, 3.63) is 21.9 Å². The Balaban J connectivity index is 1.95.